The zero-order chi connectivity index (χ0) is 17.3. The number of amides is 1. The summed E-state index contributed by atoms with van der Waals surface area (Å²) < 4.78 is 25.0. The van der Waals surface area contributed by atoms with E-state index in [1.807, 2.05) is 4.90 Å². The molecule has 0 aliphatic carbocycles. The molecule has 2 aliphatic rings. The molecule has 0 bridgehead atoms. The third-order valence-electron chi connectivity index (χ3n) is 4.94. The first-order valence-electron chi connectivity index (χ1n) is 8.18. The maximum atomic E-state index is 13.7. The molecule has 0 N–H and O–H groups in total. The van der Waals surface area contributed by atoms with Crippen molar-refractivity contribution in [3.05, 3.63) is 54.2 Å². The van der Waals surface area contributed by atoms with Crippen LogP contribution in [0.3, 0.4) is 0 Å². The van der Waals surface area contributed by atoms with E-state index in [9.17, 15) is 9.18 Å². The van der Waals surface area contributed by atoms with Crippen molar-refractivity contribution in [1.82, 2.24) is 14.9 Å². The lowest BCUT2D eigenvalue weighted by molar-refractivity contribution is 0.0650. The lowest BCUT2D eigenvalue weighted by Crippen LogP contribution is -2.38. The van der Waals surface area contributed by atoms with E-state index in [1.165, 1.54) is 18.3 Å². The van der Waals surface area contributed by atoms with Gasteiger partial charge in [-0.2, -0.15) is 0 Å². The topological polar surface area (TPSA) is 64.6 Å². The van der Waals surface area contributed by atoms with Gasteiger partial charge >= 0.3 is 0 Å². The molecule has 25 heavy (non-hydrogen) atoms. The van der Waals surface area contributed by atoms with E-state index in [-0.39, 0.29) is 29.7 Å². The fourth-order valence-corrected chi connectivity index (χ4v) is 3.55. The Bertz CT molecular complexity index is 773. The average molecular weight is 343 g/mol. The number of halogens is 1. The lowest BCUT2D eigenvalue weighted by Gasteiger charge is -2.26. The summed E-state index contributed by atoms with van der Waals surface area (Å²) in [5.74, 6) is -0.388. The molecule has 4 heterocycles. The van der Waals surface area contributed by atoms with Crippen LogP contribution in [0.4, 0.5) is 4.39 Å². The van der Waals surface area contributed by atoms with E-state index >= 15 is 0 Å². The van der Waals surface area contributed by atoms with Gasteiger partial charge in [0.05, 0.1) is 30.8 Å². The number of likely N-dealkylation sites (tertiary alicyclic amines) is 1. The van der Waals surface area contributed by atoms with Crippen molar-refractivity contribution in [2.75, 3.05) is 32.9 Å². The van der Waals surface area contributed by atoms with Gasteiger partial charge in [-0.25, -0.2) is 9.37 Å². The molecule has 0 unspecified atom stereocenters. The lowest BCUT2D eigenvalue weighted by atomic mass is 9.82. The van der Waals surface area contributed by atoms with E-state index in [0.717, 1.165) is 0 Å². The van der Waals surface area contributed by atoms with Crippen molar-refractivity contribution in [2.45, 2.75) is 0 Å². The molecular formula is C18H18FN3O3. The minimum absolute atomic E-state index is 0.0143. The standard InChI is InChI=1S/C18H18FN3O3/c19-15-4-2-6-21-16(15)25-12-18-10-22(8-14(18)9-24-11-18)17(23)13-3-1-5-20-7-13/h1-7,14H,8-12H2/t14-,18+/m1/s1. The van der Waals surface area contributed by atoms with Gasteiger partial charge in [0.15, 0.2) is 5.82 Å². The van der Waals surface area contributed by atoms with Gasteiger partial charge in [-0.15, -0.1) is 0 Å². The molecule has 0 saturated carbocycles. The Kier molecular flexibility index (Phi) is 4.09. The van der Waals surface area contributed by atoms with E-state index in [0.29, 0.717) is 31.9 Å². The number of fused-ring (bicyclic) bond motifs is 1. The predicted molar refractivity (Wildman–Crippen MR) is 86.6 cm³/mol. The smallest absolute Gasteiger partial charge is 0.255 e. The molecule has 130 valence electrons. The molecule has 0 spiro atoms. The number of ether oxygens (including phenoxy) is 2. The second-order valence-corrected chi connectivity index (χ2v) is 6.58. The highest BCUT2D eigenvalue weighted by molar-refractivity contribution is 5.94. The van der Waals surface area contributed by atoms with Gasteiger partial charge in [-0.3, -0.25) is 9.78 Å². The van der Waals surface area contributed by atoms with Crippen molar-refractivity contribution in [1.29, 1.82) is 0 Å². The quantitative estimate of drug-likeness (QED) is 0.847. The van der Waals surface area contributed by atoms with Gasteiger partial charge in [0.2, 0.25) is 5.88 Å². The Labute approximate surface area is 144 Å². The van der Waals surface area contributed by atoms with E-state index < -0.39 is 5.82 Å². The summed E-state index contributed by atoms with van der Waals surface area (Å²) in [6.07, 6.45) is 4.70. The summed E-state index contributed by atoms with van der Waals surface area (Å²) >= 11 is 0. The zero-order valence-corrected chi connectivity index (χ0v) is 13.6. The van der Waals surface area contributed by atoms with Crippen LogP contribution in [0.25, 0.3) is 0 Å². The van der Waals surface area contributed by atoms with Crippen LogP contribution in [0, 0.1) is 17.2 Å². The average Bonchev–Trinajstić information content (AvgIpc) is 3.18. The number of rotatable bonds is 4. The molecule has 2 aliphatic heterocycles. The Morgan fingerprint density at radius 3 is 3.08 bits per heavy atom. The Balaban J connectivity index is 1.49. The summed E-state index contributed by atoms with van der Waals surface area (Å²) in [5.41, 5.74) is 0.234. The first-order valence-corrected chi connectivity index (χ1v) is 8.18. The van der Waals surface area contributed by atoms with Gasteiger partial charge < -0.3 is 14.4 Å². The van der Waals surface area contributed by atoms with Gasteiger partial charge in [-0.05, 0) is 24.3 Å². The first-order chi connectivity index (χ1) is 12.2. The number of hydrogen-bond donors (Lipinski definition) is 0. The molecule has 0 aromatic carbocycles. The normalized spacial score (nSPS) is 25.0. The summed E-state index contributed by atoms with van der Waals surface area (Å²) in [5, 5.41) is 0. The van der Waals surface area contributed by atoms with Crippen LogP contribution in [0.2, 0.25) is 0 Å². The summed E-state index contributed by atoms with van der Waals surface area (Å²) in [7, 11) is 0. The van der Waals surface area contributed by atoms with E-state index in [1.54, 1.807) is 24.5 Å². The zero-order valence-electron chi connectivity index (χ0n) is 13.6. The number of aromatic nitrogens is 2. The van der Waals surface area contributed by atoms with Crippen LogP contribution in [0.1, 0.15) is 10.4 Å². The fourth-order valence-electron chi connectivity index (χ4n) is 3.55. The predicted octanol–water partition coefficient (Wildman–Crippen LogP) is 1.78. The SMILES string of the molecule is O=C(c1cccnc1)N1C[C@@H]2COC[C@]2(COc2ncccc2F)C1. The first kappa shape index (κ1) is 16.0. The van der Waals surface area contributed by atoms with Crippen LogP contribution in [-0.4, -0.2) is 53.7 Å². The minimum Gasteiger partial charge on any atom is -0.475 e. The van der Waals surface area contributed by atoms with Gasteiger partial charge in [0, 0.05) is 37.6 Å². The Morgan fingerprint density at radius 2 is 2.28 bits per heavy atom. The molecule has 1 amide bonds. The van der Waals surface area contributed by atoms with Gasteiger partial charge in [-0.1, -0.05) is 0 Å². The van der Waals surface area contributed by atoms with E-state index in [4.69, 9.17) is 9.47 Å². The molecule has 2 aromatic rings. The van der Waals surface area contributed by atoms with Crippen LogP contribution in [0.15, 0.2) is 42.9 Å². The van der Waals surface area contributed by atoms with Crippen molar-refractivity contribution in [2.24, 2.45) is 11.3 Å². The third-order valence-corrected chi connectivity index (χ3v) is 4.94. The largest absolute Gasteiger partial charge is 0.475 e. The van der Waals surface area contributed by atoms with Crippen molar-refractivity contribution in [3.63, 3.8) is 0 Å². The molecule has 2 saturated heterocycles. The Morgan fingerprint density at radius 1 is 1.40 bits per heavy atom. The third kappa shape index (κ3) is 2.95. The van der Waals surface area contributed by atoms with Crippen LogP contribution in [-0.2, 0) is 4.74 Å². The second-order valence-electron chi connectivity index (χ2n) is 6.58. The molecule has 2 atom stereocenters. The molecule has 6 nitrogen and oxygen atoms in total. The van der Waals surface area contributed by atoms with Crippen LogP contribution >= 0.6 is 0 Å². The fraction of sp³-hybridized carbons (Fsp3) is 0.389. The van der Waals surface area contributed by atoms with Gasteiger partial charge in [0.25, 0.3) is 5.91 Å². The molecule has 4 rings (SSSR count). The maximum Gasteiger partial charge on any atom is 0.255 e. The number of hydrogen-bond acceptors (Lipinski definition) is 5. The molecule has 7 heteroatoms. The number of nitrogens with zero attached hydrogens (tertiary/aromatic N) is 3. The molecule has 2 fully saturated rings. The molecular weight excluding hydrogens is 325 g/mol. The summed E-state index contributed by atoms with van der Waals surface area (Å²) in [4.78, 5) is 22.4. The highest BCUT2D eigenvalue weighted by atomic mass is 19.1. The number of carbonyl (C=O) groups excluding carboxylic acids is 1. The second kappa shape index (κ2) is 6.40. The monoisotopic (exact) mass is 343 g/mol. The van der Waals surface area contributed by atoms with Crippen molar-refractivity contribution in [3.8, 4) is 5.88 Å². The van der Waals surface area contributed by atoms with Crippen molar-refractivity contribution >= 4 is 5.91 Å². The highest BCUT2D eigenvalue weighted by Crippen LogP contribution is 2.42. The minimum atomic E-state index is -0.490. The molecule has 0 radical (unpaired) electrons. The van der Waals surface area contributed by atoms with Crippen LogP contribution in [0.5, 0.6) is 5.88 Å². The maximum absolute atomic E-state index is 13.7. The van der Waals surface area contributed by atoms with Crippen molar-refractivity contribution < 1.29 is 18.7 Å². The van der Waals surface area contributed by atoms with E-state index in [2.05, 4.69) is 9.97 Å². The highest BCUT2D eigenvalue weighted by Gasteiger charge is 2.52. The number of pyridine rings is 2. The molecule has 2 aromatic heterocycles. The van der Waals surface area contributed by atoms with Crippen LogP contribution < -0.4 is 4.74 Å². The van der Waals surface area contributed by atoms with Gasteiger partial charge in [0.1, 0.15) is 0 Å². The number of carbonyl (C=O) groups is 1. The Hall–Kier alpha value is -2.54. The summed E-state index contributed by atoms with van der Waals surface area (Å²) in [6, 6.07) is 6.34. The summed E-state index contributed by atoms with van der Waals surface area (Å²) in [6.45, 7) is 2.44.